The van der Waals surface area contributed by atoms with Crippen molar-refractivity contribution in [2.75, 3.05) is 14.2 Å². The number of esters is 1. The van der Waals surface area contributed by atoms with Gasteiger partial charge in [-0.05, 0) is 48.7 Å². The van der Waals surface area contributed by atoms with Crippen LogP contribution in [0.3, 0.4) is 0 Å². The highest BCUT2D eigenvalue weighted by Gasteiger charge is 2.17. The number of aryl methyl sites for hydroxylation is 1. The van der Waals surface area contributed by atoms with Gasteiger partial charge in [0.25, 0.3) is 5.91 Å². The molecule has 2 aromatic rings. The van der Waals surface area contributed by atoms with E-state index < -0.39 is 12.1 Å². The van der Waals surface area contributed by atoms with Crippen LogP contribution in [-0.4, -0.2) is 32.2 Å². The number of hydrogen-bond acceptors (Lipinski definition) is 5. The predicted octanol–water partition coefficient (Wildman–Crippen LogP) is 2.88. The molecule has 6 nitrogen and oxygen atoms in total. The van der Waals surface area contributed by atoms with Gasteiger partial charge < -0.3 is 19.5 Å². The zero-order valence-corrected chi connectivity index (χ0v) is 15.9. The Kier molecular flexibility index (Phi) is 7.67. The minimum atomic E-state index is -0.841. The Balaban J connectivity index is 1.72. The lowest BCUT2D eigenvalue weighted by atomic mass is 10.1. The van der Waals surface area contributed by atoms with Crippen molar-refractivity contribution in [2.45, 2.75) is 32.4 Å². The number of rotatable bonds is 9. The van der Waals surface area contributed by atoms with E-state index in [2.05, 4.69) is 5.32 Å². The Hall–Kier alpha value is -3.02. The highest BCUT2D eigenvalue weighted by atomic mass is 16.5. The van der Waals surface area contributed by atoms with E-state index >= 15 is 0 Å². The fourth-order valence-corrected chi connectivity index (χ4v) is 2.42. The van der Waals surface area contributed by atoms with Crippen LogP contribution in [0.5, 0.6) is 11.5 Å². The molecule has 1 amide bonds. The first-order valence-corrected chi connectivity index (χ1v) is 8.75. The number of benzene rings is 2. The smallest absolute Gasteiger partial charge is 0.306 e. The van der Waals surface area contributed by atoms with Crippen LogP contribution in [0.2, 0.25) is 0 Å². The third kappa shape index (κ3) is 6.66. The van der Waals surface area contributed by atoms with Crippen LogP contribution >= 0.6 is 0 Å². The summed E-state index contributed by atoms with van der Waals surface area (Å²) < 4.78 is 15.4. The molecule has 0 aliphatic carbocycles. The number of methoxy groups -OCH3 is 2. The van der Waals surface area contributed by atoms with Crippen molar-refractivity contribution in [1.29, 1.82) is 0 Å². The highest BCUT2D eigenvalue weighted by molar-refractivity contribution is 5.83. The van der Waals surface area contributed by atoms with Gasteiger partial charge in [0.1, 0.15) is 11.5 Å². The van der Waals surface area contributed by atoms with Crippen LogP contribution < -0.4 is 14.8 Å². The number of hydrogen-bond donors (Lipinski definition) is 1. The quantitative estimate of drug-likeness (QED) is 0.686. The molecular formula is C21H25NO5. The second kappa shape index (κ2) is 10.2. The van der Waals surface area contributed by atoms with Gasteiger partial charge in [0.2, 0.25) is 0 Å². The van der Waals surface area contributed by atoms with Gasteiger partial charge in [-0.1, -0.05) is 24.3 Å². The maximum atomic E-state index is 12.1. The Morgan fingerprint density at radius 2 is 1.41 bits per heavy atom. The van der Waals surface area contributed by atoms with Gasteiger partial charge in [0, 0.05) is 13.0 Å². The van der Waals surface area contributed by atoms with Gasteiger partial charge in [-0.3, -0.25) is 9.59 Å². The summed E-state index contributed by atoms with van der Waals surface area (Å²) in [6, 6.07) is 14.9. The van der Waals surface area contributed by atoms with E-state index in [1.807, 2.05) is 48.5 Å². The average molecular weight is 371 g/mol. The molecule has 0 spiro atoms. The van der Waals surface area contributed by atoms with Gasteiger partial charge in [-0.2, -0.15) is 0 Å². The molecule has 0 aliphatic rings. The molecule has 0 saturated heterocycles. The summed E-state index contributed by atoms with van der Waals surface area (Å²) in [5.74, 6) is 0.786. The first-order valence-electron chi connectivity index (χ1n) is 8.75. The first kappa shape index (κ1) is 20.3. The molecule has 0 aliphatic heterocycles. The normalized spacial score (nSPS) is 11.4. The standard InChI is InChI=1S/C21H25NO5/c1-15(21(24)22-14-17-6-11-19(26-3)12-7-17)27-20(23)13-8-16-4-9-18(25-2)10-5-16/h4-7,9-12,15H,8,13-14H2,1-3H3,(H,22,24)/t15-/m0/s1. The second-order valence-electron chi connectivity index (χ2n) is 6.05. The van der Waals surface area contributed by atoms with Crippen LogP contribution in [-0.2, 0) is 27.3 Å². The Morgan fingerprint density at radius 1 is 0.889 bits per heavy atom. The fraction of sp³-hybridized carbons (Fsp3) is 0.333. The van der Waals surface area contributed by atoms with E-state index in [1.165, 1.54) is 0 Å². The molecule has 6 heteroatoms. The van der Waals surface area contributed by atoms with E-state index in [1.54, 1.807) is 21.1 Å². The second-order valence-corrected chi connectivity index (χ2v) is 6.05. The molecule has 0 radical (unpaired) electrons. The molecule has 0 unspecified atom stereocenters. The SMILES string of the molecule is COc1ccc(CCC(=O)O[C@@H](C)C(=O)NCc2ccc(OC)cc2)cc1. The van der Waals surface area contributed by atoms with Gasteiger partial charge in [-0.25, -0.2) is 0 Å². The summed E-state index contributed by atoms with van der Waals surface area (Å²) in [5.41, 5.74) is 1.94. The maximum absolute atomic E-state index is 12.1. The minimum absolute atomic E-state index is 0.211. The lowest BCUT2D eigenvalue weighted by molar-refractivity contribution is -0.154. The fourth-order valence-electron chi connectivity index (χ4n) is 2.42. The zero-order valence-electron chi connectivity index (χ0n) is 15.9. The van der Waals surface area contributed by atoms with Crippen LogP contribution in [0.1, 0.15) is 24.5 Å². The van der Waals surface area contributed by atoms with Gasteiger partial charge >= 0.3 is 5.97 Å². The lowest BCUT2D eigenvalue weighted by Gasteiger charge is -2.14. The van der Waals surface area contributed by atoms with Crippen LogP contribution in [0, 0.1) is 0 Å². The summed E-state index contributed by atoms with van der Waals surface area (Å²) >= 11 is 0. The topological polar surface area (TPSA) is 73.9 Å². The predicted molar refractivity (Wildman–Crippen MR) is 102 cm³/mol. The van der Waals surface area contributed by atoms with Crippen molar-refractivity contribution < 1.29 is 23.8 Å². The molecule has 1 atom stereocenters. The Bertz CT molecular complexity index is 740. The maximum Gasteiger partial charge on any atom is 0.306 e. The number of carbonyl (C=O) groups excluding carboxylic acids is 2. The third-order valence-electron chi connectivity index (χ3n) is 4.08. The number of carbonyl (C=O) groups is 2. The first-order chi connectivity index (χ1) is 13.0. The molecule has 0 fully saturated rings. The van der Waals surface area contributed by atoms with E-state index in [9.17, 15) is 9.59 Å². The molecule has 1 N–H and O–H groups in total. The summed E-state index contributed by atoms with van der Waals surface area (Å²) in [5, 5.41) is 2.76. The van der Waals surface area contributed by atoms with E-state index in [0.29, 0.717) is 13.0 Å². The van der Waals surface area contributed by atoms with Crippen molar-refractivity contribution in [3.63, 3.8) is 0 Å². The van der Waals surface area contributed by atoms with Crippen molar-refractivity contribution in [3.8, 4) is 11.5 Å². The summed E-state index contributed by atoms with van der Waals surface area (Å²) in [7, 11) is 3.20. The molecule has 144 valence electrons. The molecule has 2 aromatic carbocycles. The number of amides is 1. The van der Waals surface area contributed by atoms with E-state index in [0.717, 1.165) is 22.6 Å². The molecule has 2 rings (SSSR count). The van der Waals surface area contributed by atoms with Crippen LogP contribution in [0.15, 0.2) is 48.5 Å². The molecule has 0 aromatic heterocycles. The van der Waals surface area contributed by atoms with Gasteiger partial charge in [0.05, 0.1) is 14.2 Å². The van der Waals surface area contributed by atoms with E-state index in [4.69, 9.17) is 14.2 Å². The minimum Gasteiger partial charge on any atom is -0.497 e. The van der Waals surface area contributed by atoms with Crippen molar-refractivity contribution in [2.24, 2.45) is 0 Å². The zero-order chi connectivity index (χ0) is 19.6. The third-order valence-corrected chi connectivity index (χ3v) is 4.08. The lowest BCUT2D eigenvalue weighted by Crippen LogP contribution is -2.35. The average Bonchev–Trinajstić information content (AvgIpc) is 2.71. The van der Waals surface area contributed by atoms with Gasteiger partial charge in [-0.15, -0.1) is 0 Å². The molecule has 0 heterocycles. The molecule has 27 heavy (non-hydrogen) atoms. The van der Waals surface area contributed by atoms with Crippen molar-refractivity contribution >= 4 is 11.9 Å². The summed E-state index contributed by atoms with van der Waals surface area (Å²) in [6.45, 7) is 1.92. The van der Waals surface area contributed by atoms with Crippen LogP contribution in [0.25, 0.3) is 0 Å². The van der Waals surface area contributed by atoms with Gasteiger partial charge in [0.15, 0.2) is 6.10 Å². The van der Waals surface area contributed by atoms with E-state index in [-0.39, 0.29) is 12.3 Å². The summed E-state index contributed by atoms with van der Waals surface area (Å²) in [4.78, 5) is 24.1. The largest absolute Gasteiger partial charge is 0.497 e. The van der Waals surface area contributed by atoms with Crippen molar-refractivity contribution in [1.82, 2.24) is 5.32 Å². The van der Waals surface area contributed by atoms with Crippen molar-refractivity contribution in [3.05, 3.63) is 59.7 Å². The highest BCUT2D eigenvalue weighted by Crippen LogP contribution is 2.13. The van der Waals surface area contributed by atoms with Crippen LogP contribution in [0.4, 0.5) is 0 Å². The monoisotopic (exact) mass is 371 g/mol. The number of nitrogens with one attached hydrogen (secondary N) is 1. The summed E-state index contributed by atoms with van der Waals surface area (Å²) in [6.07, 6.45) is -0.0857. The molecule has 0 bridgehead atoms. The Labute approximate surface area is 159 Å². The molecule has 0 saturated carbocycles. The molecular weight excluding hydrogens is 346 g/mol. The Morgan fingerprint density at radius 3 is 1.93 bits per heavy atom. The number of ether oxygens (including phenoxy) is 3.